The van der Waals surface area contributed by atoms with Gasteiger partial charge in [0.05, 0.1) is 35.0 Å². The van der Waals surface area contributed by atoms with Gasteiger partial charge in [-0.15, -0.1) is 11.3 Å². The maximum Gasteiger partial charge on any atom is 0.338 e. The Labute approximate surface area is 226 Å². The first-order valence-corrected chi connectivity index (χ1v) is 13.4. The van der Waals surface area contributed by atoms with E-state index in [1.54, 1.807) is 34.4 Å². The Morgan fingerprint density at radius 2 is 2.16 bits per heavy atom. The number of amidine groups is 1. The van der Waals surface area contributed by atoms with Gasteiger partial charge in [-0.1, -0.05) is 23.7 Å². The van der Waals surface area contributed by atoms with Crippen LogP contribution in [0.4, 0.5) is 4.39 Å². The summed E-state index contributed by atoms with van der Waals surface area (Å²) in [5.74, 6) is -2.10. The van der Waals surface area contributed by atoms with Crippen LogP contribution >= 0.6 is 22.9 Å². The minimum atomic E-state index is -1.06. The fraction of sp³-hybridized carbons (Fsp3) is 0.400. The van der Waals surface area contributed by atoms with Crippen molar-refractivity contribution in [2.24, 2.45) is 4.99 Å². The number of thiazole rings is 1. The van der Waals surface area contributed by atoms with Crippen LogP contribution < -0.4 is 5.32 Å². The molecule has 3 aliphatic rings. The minimum Gasteiger partial charge on any atom is -0.480 e. The number of carbonyl (C=O) groups excluding carboxylic acids is 2. The Morgan fingerprint density at radius 1 is 1.34 bits per heavy atom. The zero-order valence-corrected chi connectivity index (χ0v) is 22.0. The van der Waals surface area contributed by atoms with Crippen LogP contribution in [0.15, 0.2) is 46.0 Å². The third-order valence-corrected chi connectivity index (χ3v) is 8.10. The van der Waals surface area contributed by atoms with Crippen molar-refractivity contribution in [2.75, 3.05) is 26.2 Å². The number of aromatic nitrogens is 1. The summed E-state index contributed by atoms with van der Waals surface area (Å²) in [6.07, 6.45) is 2.34. The predicted molar refractivity (Wildman–Crippen MR) is 137 cm³/mol. The van der Waals surface area contributed by atoms with Crippen molar-refractivity contribution >= 4 is 46.6 Å². The Balaban J connectivity index is 1.62. The normalized spacial score (nSPS) is 23.7. The number of nitrogens with one attached hydrogen (secondary N) is 1. The fourth-order valence-corrected chi connectivity index (χ4v) is 6.10. The van der Waals surface area contributed by atoms with E-state index in [1.165, 1.54) is 23.5 Å². The molecule has 0 radical (unpaired) electrons. The number of carboxylic acid groups (broad SMARTS) is 1. The van der Waals surface area contributed by atoms with E-state index in [9.17, 15) is 23.9 Å². The van der Waals surface area contributed by atoms with E-state index < -0.39 is 35.9 Å². The molecule has 3 atom stereocenters. The first-order chi connectivity index (χ1) is 18.3. The topological polar surface area (TPSA) is 124 Å². The number of hydrogen-bond acceptors (Lipinski definition) is 9. The first kappa shape index (κ1) is 26.3. The van der Waals surface area contributed by atoms with Gasteiger partial charge in [-0.2, -0.15) is 0 Å². The zero-order valence-electron chi connectivity index (χ0n) is 20.4. The Bertz CT molecular complexity index is 1330. The number of carbonyl (C=O) groups is 3. The van der Waals surface area contributed by atoms with Crippen molar-refractivity contribution in [1.82, 2.24) is 20.1 Å². The molecule has 200 valence electrons. The van der Waals surface area contributed by atoms with Gasteiger partial charge in [0.2, 0.25) is 5.91 Å². The van der Waals surface area contributed by atoms with E-state index in [0.29, 0.717) is 35.8 Å². The zero-order chi connectivity index (χ0) is 27.0. The summed E-state index contributed by atoms with van der Waals surface area (Å²) in [5.41, 5.74) is 0.674. The summed E-state index contributed by atoms with van der Waals surface area (Å²) in [7, 11) is 0. The molecule has 2 unspecified atom stereocenters. The van der Waals surface area contributed by atoms with Crippen molar-refractivity contribution in [3.05, 3.63) is 62.5 Å². The summed E-state index contributed by atoms with van der Waals surface area (Å²) in [5, 5.41) is 15.4. The number of fused-ring (bicyclic) bond motifs is 1. The lowest BCUT2D eigenvalue weighted by Crippen LogP contribution is -2.61. The van der Waals surface area contributed by atoms with Gasteiger partial charge < -0.3 is 20.1 Å². The largest absolute Gasteiger partial charge is 0.480 e. The van der Waals surface area contributed by atoms with Gasteiger partial charge in [0.1, 0.15) is 11.9 Å². The van der Waals surface area contributed by atoms with Crippen molar-refractivity contribution in [3.8, 4) is 0 Å². The lowest BCUT2D eigenvalue weighted by Gasteiger charge is -2.43. The number of nitrogens with zero attached hydrogens (tertiary/aromatic N) is 4. The van der Waals surface area contributed by atoms with Crippen LogP contribution in [0.2, 0.25) is 5.02 Å². The Hall–Kier alpha value is -3.35. The van der Waals surface area contributed by atoms with Crippen molar-refractivity contribution in [2.45, 2.75) is 37.9 Å². The maximum absolute atomic E-state index is 14.5. The molecule has 10 nitrogen and oxygen atoms in total. The minimum absolute atomic E-state index is 0.0103. The number of carboxylic acids is 1. The quantitative estimate of drug-likeness (QED) is 0.494. The molecule has 1 aromatic carbocycles. The Kier molecular flexibility index (Phi) is 7.46. The summed E-state index contributed by atoms with van der Waals surface area (Å²) in [4.78, 5) is 50.4. The summed E-state index contributed by atoms with van der Waals surface area (Å²) in [6.45, 7) is 2.39. The number of aliphatic carboxylic acids is 1. The molecule has 3 aliphatic heterocycles. The molecule has 0 saturated carbocycles. The molecular weight excluding hydrogens is 537 g/mol. The molecule has 2 saturated heterocycles. The van der Waals surface area contributed by atoms with E-state index in [2.05, 4.69) is 10.3 Å². The third-order valence-electron chi connectivity index (χ3n) is 6.92. The standard InChI is InChI=1S/C25H25ClFN5O5S/c1-2-37-25(36)18-15(12-31-9-10-32-16(6-7-17(32)33)21(31)24(34)35)29-22(23-28-8-11-38-23)30-20(18)13-4-3-5-14(27)19(13)26/h3-5,8,11,16,20-21H,2,6-7,9-10,12H2,1H3,(H,29,30)(H,34,35)/t16?,20-,21?/m0/s1. The first-order valence-electron chi connectivity index (χ1n) is 12.2. The number of esters is 1. The molecule has 1 aromatic heterocycles. The average molecular weight is 562 g/mol. The second-order valence-electron chi connectivity index (χ2n) is 9.05. The molecule has 13 heteroatoms. The van der Waals surface area contributed by atoms with Crippen LogP contribution in [0.25, 0.3) is 0 Å². The number of aliphatic imine (C=N–C) groups is 1. The summed E-state index contributed by atoms with van der Waals surface area (Å²) >= 11 is 7.68. The Morgan fingerprint density at radius 3 is 2.87 bits per heavy atom. The van der Waals surface area contributed by atoms with E-state index in [1.807, 2.05) is 0 Å². The number of rotatable bonds is 7. The second kappa shape index (κ2) is 10.8. The highest BCUT2D eigenvalue weighted by molar-refractivity contribution is 7.11. The van der Waals surface area contributed by atoms with Gasteiger partial charge >= 0.3 is 11.9 Å². The molecule has 0 bridgehead atoms. The van der Waals surface area contributed by atoms with E-state index in [0.717, 1.165) is 0 Å². The number of hydrogen-bond donors (Lipinski definition) is 2. The van der Waals surface area contributed by atoms with Crippen LogP contribution in [-0.4, -0.2) is 81.9 Å². The highest BCUT2D eigenvalue weighted by atomic mass is 35.5. The summed E-state index contributed by atoms with van der Waals surface area (Å²) < 4.78 is 19.9. The van der Waals surface area contributed by atoms with Crippen LogP contribution in [0, 0.1) is 5.82 Å². The predicted octanol–water partition coefficient (Wildman–Crippen LogP) is 2.60. The van der Waals surface area contributed by atoms with Gasteiger partial charge in [0.15, 0.2) is 10.8 Å². The molecule has 0 aliphatic carbocycles. The molecule has 1 amide bonds. The number of ether oxygens (including phenoxy) is 1. The van der Waals surface area contributed by atoms with Crippen molar-refractivity contribution in [3.63, 3.8) is 0 Å². The van der Waals surface area contributed by atoms with Gasteiger partial charge in [0, 0.05) is 43.2 Å². The van der Waals surface area contributed by atoms with Crippen LogP contribution in [-0.2, 0) is 19.1 Å². The molecule has 38 heavy (non-hydrogen) atoms. The molecule has 4 heterocycles. The molecule has 2 N–H and O–H groups in total. The molecule has 2 fully saturated rings. The number of halogens is 2. The van der Waals surface area contributed by atoms with E-state index in [4.69, 9.17) is 21.3 Å². The lowest BCUT2D eigenvalue weighted by atomic mass is 9.94. The average Bonchev–Trinajstić information content (AvgIpc) is 3.55. The van der Waals surface area contributed by atoms with E-state index in [-0.39, 0.29) is 41.9 Å². The van der Waals surface area contributed by atoms with Gasteiger partial charge in [0.25, 0.3) is 0 Å². The van der Waals surface area contributed by atoms with Crippen molar-refractivity contribution < 1.29 is 28.6 Å². The van der Waals surface area contributed by atoms with Crippen LogP contribution in [0.1, 0.15) is 36.4 Å². The highest BCUT2D eigenvalue weighted by Crippen LogP contribution is 2.37. The lowest BCUT2D eigenvalue weighted by molar-refractivity contribution is -0.149. The second-order valence-corrected chi connectivity index (χ2v) is 10.3. The van der Waals surface area contributed by atoms with Gasteiger partial charge in [-0.05, 0) is 19.4 Å². The fourth-order valence-electron chi connectivity index (χ4n) is 5.28. The maximum atomic E-state index is 14.5. The smallest absolute Gasteiger partial charge is 0.338 e. The number of piperazine rings is 1. The monoisotopic (exact) mass is 561 g/mol. The molecule has 5 rings (SSSR count). The summed E-state index contributed by atoms with van der Waals surface area (Å²) in [6, 6.07) is 1.94. The third kappa shape index (κ3) is 4.79. The molecule has 0 spiro atoms. The van der Waals surface area contributed by atoms with Gasteiger partial charge in [-0.25, -0.2) is 19.2 Å². The number of benzene rings is 1. The number of amides is 1. The highest BCUT2D eigenvalue weighted by Gasteiger charge is 2.47. The molecular formula is C25H25ClFN5O5S. The van der Waals surface area contributed by atoms with Gasteiger partial charge in [-0.3, -0.25) is 14.5 Å². The molecule has 2 aromatic rings. The SMILES string of the molecule is CCOC(=O)C1=C(CN2CCN3C(=O)CCC3C2C(=O)O)N=C(c2nccs2)N[C@H]1c1cccc(F)c1Cl. The van der Waals surface area contributed by atoms with Crippen LogP contribution in [0.5, 0.6) is 0 Å². The van der Waals surface area contributed by atoms with Crippen molar-refractivity contribution in [1.29, 1.82) is 0 Å². The van der Waals surface area contributed by atoms with Crippen LogP contribution in [0.3, 0.4) is 0 Å². The van der Waals surface area contributed by atoms with E-state index >= 15 is 0 Å².